The van der Waals surface area contributed by atoms with Crippen molar-refractivity contribution in [1.29, 1.82) is 0 Å². The lowest BCUT2D eigenvalue weighted by atomic mass is 10.4. The number of aromatic nitrogens is 2. The van der Waals surface area contributed by atoms with Crippen LogP contribution in [0.15, 0.2) is 0 Å². The molecule has 1 aromatic rings. The fraction of sp³-hybridized carbons (Fsp3) is 0.200. The molecule has 0 aliphatic rings. The van der Waals surface area contributed by atoms with Crippen LogP contribution in [-0.4, -0.2) is 9.97 Å². The van der Waals surface area contributed by atoms with Crippen molar-refractivity contribution in [2.75, 3.05) is 0 Å². The third-order valence-electron chi connectivity index (χ3n) is 1.02. The number of nitrogens with zero attached hydrogens (tertiary/aromatic N) is 2. The van der Waals surface area contributed by atoms with Crippen molar-refractivity contribution in [3.05, 3.63) is 22.7 Å². The molecule has 0 saturated carbocycles. The normalized spacial score (nSPS) is 10.8. The van der Waals surface area contributed by atoms with E-state index in [1.165, 1.54) is 0 Å². The van der Waals surface area contributed by atoms with Gasteiger partial charge < -0.3 is 0 Å². The van der Waals surface area contributed by atoms with E-state index < -0.39 is 21.9 Å². The number of rotatable bonds is 1. The molecule has 0 saturated heterocycles. The molecular formula is C5HCl3F2N2. The first-order valence-corrected chi connectivity index (χ1v) is 3.94. The minimum Gasteiger partial charge on any atom is -0.203 e. The van der Waals surface area contributed by atoms with Crippen molar-refractivity contribution >= 4 is 34.8 Å². The Kier molecular flexibility index (Phi) is 3.04. The van der Waals surface area contributed by atoms with E-state index in [0.717, 1.165) is 0 Å². The van der Waals surface area contributed by atoms with Crippen molar-refractivity contribution < 1.29 is 8.78 Å². The maximum Gasteiger partial charge on any atom is 0.311 e. The Labute approximate surface area is 81.5 Å². The third kappa shape index (κ3) is 1.94. The summed E-state index contributed by atoms with van der Waals surface area (Å²) in [4.78, 5) is 4.67. The zero-order valence-corrected chi connectivity index (χ0v) is 7.63. The van der Waals surface area contributed by atoms with Gasteiger partial charge in [-0.1, -0.05) is 34.8 Å². The van der Waals surface area contributed by atoms with E-state index in [0.29, 0.717) is 0 Å². The predicted octanol–water partition coefficient (Wildman–Crippen LogP) is 2.88. The van der Waals surface area contributed by atoms with Crippen molar-refractivity contribution in [3.63, 3.8) is 0 Å². The number of hydrogen-bond donors (Lipinski definition) is 0. The third-order valence-corrected chi connectivity index (χ3v) is 1.78. The average molecular weight is 233 g/mol. The summed E-state index contributed by atoms with van der Waals surface area (Å²) in [6, 6.07) is 0. The Morgan fingerprint density at radius 3 is 2.25 bits per heavy atom. The predicted molar refractivity (Wildman–Crippen MR) is 41.4 cm³/mol. The molecular weight excluding hydrogens is 232 g/mol. The molecule has 0 bridgehead atoms. The molecule has 0 aliphatic carbocycles. The summed E-state index contributed by atoms with van der Waals surface area (Å²) < 4.78 is 24.9. The van der Waals surface area contributed by atoms with E-state index in [4.69, 9.17) is 34.8 Å². The first kappa shape index (κ1) is 9.89. The zero-order valence-electron chi connectivity index (χ0n) is 5.36. The lowest BCUT2D eigenvalue weighted by molar-refractivity contribution is 0.478. The van der Waals surface area contributed by atoms with Crippen LogP contribution in [0, 0.1) is 12.0 Å². The molecule has 2 nitrogen and oxygen atoms in total. The summed E-state index contributed by atoms with van der Waals surface area (Å²) in [7, 11) is 0. The molecule has 0 radical (unpaired) electrons. The number of hydrogen-bond acceptors (Lipinski definition) is 2. The smallest absolute Gasteiger partial charge is 0.203 e. The molecule has 1 heterocycles. The fourth-order valence-electron chi connectivity index (χ4n) is 0.554. The Bertz CT molecular complexity index is 305. The van der Waals surface area contributed by atoms with E-state index in [2.05, 4.69) is 9.97 Å². The van der Waals surface area contributed by atoms with Gasteiger partial charge in [0.25, 0.3) is 0 Å². The molecule has 0 aromatic carbocycles. The fourth-order valence-corrected chi connectivity index (χ4v) is 1.17. The summed E-state index contributed by atoms with van der Waals surface area (Å²) in [6.07, 6.45) is -1.25. The van der Waals surface area contributed by atoms with Crippen LogP contribution >= 0.6 is 34.8 Å². The second-order valence-electron chi connectivity index (χ2n) is 1.78. The van der Waals surface area contributed by atoms with Crippen LogP contribution < -0.4 is 0 Å². The monoisotopic (exact) mass is 232 g/mol. The van der Waals surface area contributed by atoms with E-state index in [-0.39, 0.29) is 5.69 Å². The van der Waals surface area contributed by atoms with Crippen molar-refractivity contribution in [2.24, 2.45) is 0 Å². The summed E-state index contributed by atoms with van der Waals surface area (Å²) in [5.41, 5.74) is -0.273. The van der Waals surface area contributed by atoms with Crippen molar-refractivity contribution in [1.82, 2.24) is 9.97 Å². The lowest BCUT2D eigenvalue weighted by Gasteiger charge is -2.02. The van der Waals surface area contributed by atoms with Crippen LogP contribution in [-0.2, 0) is 0 Å². The largest absolute Gasteiger partial charge is 0.311 e. The Morgan fingerprint density at radius 2 is 1.75 bits per heavy atom. The maximum absolute atomic E-state index is 12.6. The molecule has 0 fully saturated rings. The minimum atomic E-state index is -1.25. The second kappa shape index (κ2) is 3.68. The van der Waals surface area contributed by atoms with Crippen molar-refractivity contribution in [2.45, 2.75) is 4.84 Å². The highest BCUT2D eigenvalue weighted by Gasteiger charge is 2.17. The maximum atomic E-state index is 12.6. The molecule has 0 amide bonds. The van der Waals surface area contributed by atoms with Gasteiger partial charge in [-0.15, -0.1) is 0 Å². The summed E-state index contributed by atoms with van der Waals surface area (Å²) >= 11 is 15.9. The van der Waals surface area contributed by atoms with Gasteiger partial charge in [0.05, 0.1) is 0 Å². The van der Waals surface area contributed by atoms with Gasteiger partial charge in [0, 0.05) is 0 Å². The van der Waals surface area contributed by atoms with E-state index in [9.17, 15) is 8.78 Å². The van der Waals surface area contributed by atoms with E-state index in [1.54, 1.807) is 0 Å². The molecule has 1 rings (SSSR count). The van der Waals surface area contributed by atoms with Gasteiger partial charge in [-0.2, -0.15) is 13.8 Å². The Hall–Kier alpha value is -0.190. The molecule has 12 heavy (non-hydrogen) atoms. The summed E-state index contributed by atoms with van der Waals surface area (Å²) in [5, 5.41) is -0.466. The van der Waals surface area contributed by atoms with Gasteiger partial charge in [0.1, 0.15) is 10.7 Å². The lowest BCUT2D eigenvalue weighted by Crippen LogP contribution is -2.00. The number of alkyl halides is 2. The van der Waals surface area contributed by atoms with Crippen molar-refractivity contribution in [3.8, 4) is 0 Å². The average Bonchev–Trinajstić information content (AvgIpc) is 1.96. The van der Waals surface area contributed by atoms with Gasteiger partial charge >= 0.3 is 6.08 Å². The van der Waals surface area contributed by atoms with Crippen LogP contribution in [0.25, 0.3) is 0 Å². The first-order valence-electron chi connectivity index (χ1n) is 2.69. The van der Waals surface area contributed by atoms with Gasteiger partial charge in [0.15, 0.2) is 4.84 Å². The van der Waals surface area contributed by atoms with Crippen LogP contribution in [0.2, 0.25) is 5.02 Å². The topological polar surface area (TPSA) is 25.8 Å². The highest BCUT2D eigenvalue weighted by molar-refractivity contribution is 6.45. The molecule has 66 valence electrons. The Balaban J connectivity index is 3.28. The molecule has 1 aromatic heterocycles. The molecule has 0 aliphatic heterocycles. The standard InChI is InChI=1S/C5HCl3F2N2/c6-1-2(3(7)8)11-5(10)12-4(1)9/h3H. The summed E-state index contributed by atoms with van der Waals surface area (Å²) in [6.45, 7) is 0. The zero-order chi connectivity index (χ0) is 9.30. The van der Waals surface area contributed by atoms with Crippen LogP contribution in [0.3, 0.4) is 0 Å². The minimum absolute atomic E-state index is 0.273. The Morgan fingerprint density at radius 1 is 1.17 bits per heavy atom. The summed E-state index contributed by atoms with van der Waals surface area (Å²) in [5.74, 6) is -1.18. The molecule has 0 N–H and O–H groups in total. The molecule has 0 atom stereocenters. The van der Waals surface area contributed by atoms with Gasteiger partial charge in [-0.25, -0.2) is 4.98 Å². The number of halogens is 5. The SMILES string of the molecule is Fc1nc(F)c(Cl)c(C(Cl)Cl)n1. The highest BCUT2D eigenvalue weighted by Crippen LogP contribution is 2.29. The van der Waals surface area contributed by atoms with Gasteiger partial charge in [-0.05, 0) is 0 Å². The molecule has 0 spiro atoms. The molecule has 0 unspecified atom stereocenters. The molecule has 7 heteroatoms. The second-order valence-corrected chi connectivity index (χ2v) is 3.26. The van der Waals surface area contributed by atoms with Gasteiger partial charge in [0.2, 0.25) is 5.95 Å². The quantitative estimate of drug-likeness (QED) is 0.423. The van der Waals surface area contributed by atoms with E-state index >= 15 is 0 Å². The van der Waals surface area contributed by atoms with Crippen LogP contribution in [0.1, 0.15) is 10.5 Å². The van der Waals surface area contributed by atoms with Crippen LogP contribution in [0.4, 0.5) is 8.78 Å². The first-order chi connectivity index (χ1) is 5.52. The van der Waals surface area contributed by atoms with Crippen LogP contribution in [0.5, 0.6) is 0 Å². The van der Waals surface area contributed by atoms with E-state index in [1.807, 2.05) is 0 Å². The van der Waals surface area contributed by atoms with Gasteiger partial charge in [-0.3, -0.25) is 0 Å². The highest BCUT2D eigenvalue weighted by atomic mass is 35.5.